The Hall–Kier alpha value is -2.03. The maximum absolute atomic E-state index is 11.2. The summed E-state index contributed by atoms with van der Waals surface area (Å²) in [7, 11) is 0. The fourth-order valence-electron chi connectivity index (χ4n) is 1.47. The summed E-state index contributed by atoms with van der Waals surface area (Å²) in [4.78, 5) is 25.8. The number of rotatable bonds is 2. The summed E-state index contributed by atoms with van der Waals surface area (Å²) in [6.45, 7) is 0. The van der Waals surface area contributed by atoms with Crippen molar-refractivity contribution < 1.29 is 9.59 Å². The van der Waals surface area contributed by atoms with E-state index in [2.05, 4.69) is 4.98 Å². The second-order valence-corrected chi connectivity index (χ2v) is 3.24. The molecule has 0 unspecified atom stereocenters. The molecule has 3 heteroatoms. The molecule has 1 aromatic heterocycles. The number of hydrogen-bond donors (Lipinski definition) is 0. The van der Waals surface area contributed by atoms with Crippen molar-refractivity contribution in [2.45, 2.75) is 6.42 Å². The van der Waals surface area contributed by atoms with Gasteiger partial charge in [-0.15, -0.1) is 0 Å². The first-order chi connectivity index (χ1) is 7.31. The maximum Gasteiger partial charge on any atom is 0.169 e. The molecule has 0 radical (unpaired) electrons. The summed E-state index contributed by atoms with van der Waals surface area (Å²) in [5.41, 5.74) is 2.11. The van der Waals surface area contributed by atoms with Gasteiger partial charge in [0.2, 0.25) is 0 Å². The van der Waals surface area contributed by atoms with Crippen LogP contribution in [0, 0.1) is 0 Å². The zero-order valence-corrected chi connectivity index (χ0v) is 8.01. The number of ketones is 1. The van der Waals surface area contributed by atoms with E-state index in [1.54, 1.807) is 18.5 Å². The quantitative estimate of drug-likeness (QED) is 0.536. The van der Waals surface area contributed by atoms with E-state index in [0.717, 1.165) is 11.1 Å². The Morgan fingerprint density at radius 2 is 2.00 bits per heavy atom. The van der Waals surface area contributed by atoms with Gasteiger partial charge in [-0.2, -0.15) is 0 Å². The number of carbonyl (C=O) groups is 2. The predicted molar refractivity (Wildman–Crippen MR) is 56.0 cm³/mol. The van der Waals surface area contributed by atoms with E-state index in [4.69, 9.17) is 0 Å². The molecule has 1 heterocycles. The molecular weight excluding hydrogens is 190 g/mol. The monoisotopic (exact) mass is 199 g/mol. The number of aldehydes is 1. The van der Waals surface area contributed by atoms with Crippen molar-refractivity contribution in [3.8, 4) is 0 Å². The molecule has 0 spiro atoms. The van der Waals surface area contributed by atoms with E-state index in [1.165, 1.54) is 0 Å². The lowest BCUT2D eigenvalue weighted by Crippen LogP contribution is -2.06. The van der Waals surface area contributed by atoms with Gasteiger partial charge in [0.15, 0.2) is 12.1 Å². The number of nitrogens with zero attached hydrogens (tertiary/aromatic N) is 1. The van der Waals surface area contributed by atoms with Crippen molar-refractivity contribution in [1.82, 2.24) is 4.98 Å². The third-order valence-corrected chi connectivity index (χ3v) is 2.28. The highest BCUT2D eigenvalue weighted by molar-refractivity contribution is 6.15. The summed E-state index contributed by atoms with van der Waals surface area (Å²) in [5, 5.41) is 0. The fraction of sp³-hybridized carbons (Fsp3) is 0.0833. The molecular formula is C12H9NO2. The van der Waals surface area contributed by atoms with Gasteiger partial charge in [-0.25, -0.2) is 0 Å². The van der Waals surface area contributed by atoms with Crippen molar-refractivity contribution in [2.24, 2.45) is 0 Å². The van der Waals surface area contributed by atoms with Crippen LogP contribution in [0.1, 0.15) is 12.0 Å². The van der Waals surface area contributed by atoms with Crippen LogP contribution < -0.4 is 0 Å². The van der Waals surface area contributed by atoms with Crippen LogP contribution in [-0.4, -0.2) is 17.1 Å². The molecule has 2 rings (SSSR count). The van der Waals surface area contributed by atoms with E-state index in [9.17, 15) is 9.59 Å². The van der Waals surface area contributed by atoms with Crippen molar-refractivity contribution in [3.63, 3.8) is 0 Å². The van der Waals surface area contributed by atoms with Crippen LogP contribution in [0.4, 0.5) is 0 Å². The molecule has 74 valence electrons. The van der Waals surface area contributed by atoms with Gasteiger partial charge in [0, 0.05) is 18.8 Å². The molecule has 0 atom stereocenters. The van der Waals surface area contributed by atoms with Crippen molar-refractivity contribution in [3.05, 3.63) is 47.8 Å². The molecule has 0 saturated carbocycles. The highest BCUT2D eigenvalue weighted by atomic mass is 16.1. The van der Waals surface area contributed by atoms with Gasteiger partial charge in [0.1, 0.15) is 0 Å². The average molecular weight is 199 g/mol. The van der Waals surface area contributed by atoms with Crippen LogP contribution in [0.2, 0.25) is 0 Å². The van der Waals surface area contributed by atoms with Gasteiger partial charge in [-0.3, -0.25) is 14.6 Å². The van der Waals surface area contributed by atoms with E-state index in [1.807, 2.05) is 18.2 Å². The first-order valence-corrected chi connectivity index (χ1v) is 4.62. The number of carbonyl (C=O) groups excluding carboxylic acids is 2. The molecule has 0 aliphatic heterocycles. The number of pyridine rings is 1. The van der Waals surface area contributed by atoms with Crippen LogP contribution in [-0.2, 0) is 9.59 Å². The number of hydrogen-bond acceptors (Lipinski definition) is 3. The maximum atomic E-state index is 11.2. The highest BCUT2D eigenvalue weighted by Crippen LogP contribution is 2.21. The third-order valence-electron chi connectivity index (χ3n) is 2.28. The minimum absolute atomic E-state index is 0.122. The summed E-state index contributed by atoms with van der Waals surface area (Å²) in [6, 6.07) is 3.70. The minimum atomic E-state index is -0.122. The zero-order valence-electron chi connectivity index (χ0n) is 8.01. The lowest BCUT2D eigenvalue weighted by atomic mass is 9.95. The van der Waals surface area contributed by atoms with Gasteiger partial charge in [-0.1, -0.05) is 6.08 Å². The third kappa shape index (κ3) is 1.91. The molecule has 1 aromatic rings. The van der Waals surface area contributed by atoms with Crippen LogP contribution >= 0.6 is 0 Å². The second-order valence-electron chi connectivity index (χ2n) is 3.24. The molecule has 0 amide bonds. The average Bonchev–Trinajstić information content (AvgIpc) is 2.31. The Morgan fingerprint density at radius 1 is 1.27 bits per heavy atom. The molecule has 1 aliphatic rings. The lowest BCUT2D eigenvalue weighted by Gasteiger charge is -2.08. The first kappa shape index (κ1) is 9.52. The van der Waals surface area contributed by atoms with Crippen molar-refractivity contribution >= 4 is 17.6 Å². The second kappa shape index (κ2) is 4.00. The predicted octanol–water partition coefficient (Wildman–Crippen LogP) is 1.56. The van der Waals surface area contributed by atoms with Gasteiger partial charge < -0.3 is 0 Å². The van der Waals surface area contributed by atoms with Crippen molar-refractivity contribution in [1.29, 1.82) is 0 Å². The summed E-state index contributed by atoms with van der Waals surface area (Å²) < 4.78 is 0. The van der Waals surface area contributed by atoms with Crippen LogP contribution in [0.3, 0.4) is 0 Å². The topological polar surface area (TPSA) is 47.0 Å². The normalized spacial score (nSPS) is 15.6. The molecule has 0 saturated heterocycles. The minimum Gasteiger partial charge on any atom is -0.298 e. The van der Waals surface area contributed by atoms with E-state index < -0.39 is 0 Å². The highest BCUT2D eigenvalue weighted by Gasteiger charge is 2.13. The Kier molecular flexibility index (Phi) is 2.54. The fourth-order valence-corrected chi connectivity index (χ4v) is 1.47. The molecule has 0 N–H and O–H groups in total. The van der Waals surface area contributed by atoms with Crippen LogP contribution in [0.5, 0.6) is 0 Å². The Bertz CT molecular complexity index is 458. The van der Waals surface area contributed by atoms with Gasteiger partial charge in [0.05, 0.1) is 5.57 Å². The van der Waals surface area contributed by atoms with Gasteiger partial charge in [-0.05, 0) is 29.3 Å². The first-order valence-electron chi connectivity index (χ1n) is 4.62. The SMILES string of the molecule is O=CC1=CC(c2ccncc2)=CCC1=O. The zero-order chi connectivity index (χ0) is 10.7. The summed E-state index contributed by atoms with van der Waals surface area (Å²) in [6.07, 6.45) is 7.71. The van der Waals surface area contributed by atoms with Gasteiger partial charge in [0.25, 0.3) is 0 Å². The molecule has 0 bridgehead atoms. The number of allylic oxidation sites excluding steroid dienone is 4. The standard InChI is InChI=1S/C12H9NO2/c14-8-11-7-10(1-2-12(11)15)9-3-5-13-6-4-9/h1,3-8H,2H2. The lowest BCUT2D eigenvalue weighted by molar-refractivity contribution is -0.117. The van der Waals surface area contributed by atoms with E-state index in [0.29, 0.717) is 12.7 Å². The Balaban J connectivity index is 2.38. The smallest absolute Gasteiger partial charge is 0.169 e. The molecule has 0 aromatic carbocycles. The molecule has 15 heavy (non-hydrogen) atoms. The summed E-state index contributed by atoms with van der Waals surface area (Å²) >= 11 is 0. The van der Waals surface area contributed by atoms with E-state index in [-0.39, 0.29) is 11.4 Å². The number of aromatic nitrogens is 1. The van der Waals surface area contributed by atoms with Gasteiger partial charge >= 0.3 is 0 Å². The largest absolute Gasteiger partial charge is 0.298 e. The molecule has 1 aliphatic carbocycles. The van der Waals surface area contributed by atoms with E-state index >= 15 is 0 Å². The Morgan fingerprint density at radius 3 is 2.67 bits per heavy atom. The van der Waals surface area contributed by atoms with Crippen LogP contribution in [0.15, 0.2) is 42.3 Å². The Labute approximate surface area is 87.1 Å². The summed E-state index contributed by atoms with van der Waals surface area (Å²) in [5.74, 6) is -0.122. The van der Waals surface area contributed by atoms with Crippen molar-refractivity contribution in [2.75, 3.05) is 0 Å². The number of Topliss-reactive ketones (excluding diaryl/α,β-unsaturated/α-hetero) is 1. The molecule has 0 fully saturated rings. The molecule has 3 nitrogen and oxygen atoms in total. The van der Waals surface area contributed by atoms with Crippen LogP contribution in [0.25, 0.3) is 5.57 Å².